The van der Waals surface area contributed by atoms with E-state index in [4.69, 9.17) is 4.74 Å². The van der Waals surface area contributed by atoms with Crippen molar-refractivity contribution < 1.29 is 18.3 Å². The number of nitrogens with one attached hydrogen (secondary N) is 1. The third-order valence-corrected chi connectivity index (χ3v) is 2.21. The highest BCUT2D eigenvalue weighted by Gasteiger charge is 2.23. The van der Waals surface area contributed by atoms with Gasteiger partial charge in [0.15, 0.2) is 0 Å². The zero-order chi connectivity index (χ0) is 10.8. The lowest BCUT2D eigenvalue weighted by Crippen LogP contribution is -2.39. The van der Waals surface area contributed by atoms with Crippen LogP contribution in [-0.4, -0.2) is 19.1 Å². The van der Waals surface area contributed by atoms with Gasteiger partial charge in [0, 0.05) is 12.1 Å². The lowest BCUT2D eigenvalue weighted by molar-refractivity contribution is -0.133. The number of amides is 1. The van der Waals surface area contributed by atoms with Crippen LogP contribution < -0.4 is 5.32 Å². The zero-order valence-corrected chi connectivity index (χ0v) is 7.80. The fourth-order valence-corrected chi connectivity index (χ4v) is 1.45. The summed E-state index contributed by atoms with van der Waals surface area (Å²) in [6.07, 6.45) is -0.613. The molecule has 1 aliphatic heterocycles. The van der Waals surface area contributed by atoms with Gasteiger partial charge in [0.05, 0.1) is 0 Å². The van der Waals surface area contributed by atoms with Gasteiger partial charge in [0.25, 0.3) is 0 Å². The predicted molar refractivity (Wildman–Crippen MR) is 48.1 cm³/mol. The molecule has 80 valence electrons. The van der Waals surface area contributed by atoms with Gasteiger partial charge in [-0.05, 0) is 18.2 Å². The van der Waals surface area contributed by atoms with Gasteiger partial charge in [0.2, 0.25) is 5.91 Å². The number of benzene rings is 1. The van der Waals surface area contributed by atoms with Crippen LogP contribution >= 0.6 is 0 Å². The Kier molecular flexibility index (Phi) is 2.64. The van der Waals surface area contributed by atoms with Gasteiger partial charge in [-0.3, -0.25) is 4.79 Å². The van der Waals surface area contributed by atoms with Crippen molar-refractivity contribution in [3.63, 3.8) is 0 Å². The highest BCUT2D eigenvalue weighted by Crippen LogP contribution is 2.22. The third-order valence-electron chi connectivity index (χ3n) is 2.21. The molecule has 0 radical (unpaired) electrons. The zero-order valence-electron chi connectivity index (χ0n) is 7.80. The van der Waals surface area contributed by atoms with Crippen molar-refractivity contribution in [2.45, 2.75) is 6.10 Å². The molecule has 2 rings (SSSR count). The van der Waals surface area contributed by atoms with Gasteiger partial charge in [-0.25, -0.2) is 8.78 Å². The number of halogens is 2. The van der Waals surface area contributed by atoms with E-state index in [0.717, 1.165) is 18.2 Å². The minimum atomic E-state index is -0.613. The van der Waals surface area contributed by atoms with E-state index in [2.05, 4.69) is 5.32 Å². The van der Waals surface area contributed by atoms with Crippen LogP contribution in [-0.2, 0) is 9.53 Å². The van der Waals surface area contributed by atoms with Gasteiger partial charge in [0.1, 0.15) is 24.3 Å². The fourth-order valence-electron chi connectivity index (χ4n) is 1.45. The molecule has 1 aromatic carbocycles. The highest BCUT2D eigenvalue weighted by molar-refractivity contribution is 5.77. The molecular formula is C10H9F2NO2. The van der Waals surface area contributed by atoms with Crippen molar-refractivity contribution >= 4 is 5.91 Å². The highest BCUT2D eigenvalue weighted by atomic mass is 19.1. The quantitative estimate of drug-likeness (QED) is 0.760. The molecule has 1 saturated heterocycles. The van der Waals surface area contributed by atoms with Crippen LogP contribution in [0.3, 0.4) is 0 Å². The summed E-state index contributed by atoms with van der Waals surface area (Å²) >= 11 is 0. The van der Waals surface area contributed by atoms with Crippen LogP contribution in [0.5, 0.6) is 0 Å². The second-order valence-electron chi connectivity index (χ2n) is 3.27. The van der Waals surface area contributed by atoms with E-state index < -0.39 is 17.7 Å². The molecule has 0 spiro atoms. The molecule has 1 atom stereocenters. The molecule has 0 saturated carbocycles. The monoisotopic (exact) mass is 213 g/mol. The van der Waals surface area contributed by atoms with E-state index in [-0.39, 0.29) is 24.6 Å². The Bertz CT molecular complexity index is 385. The summed E-state index contributed by atoms with van der Waals surface area (Å²) in [5.41, 5.74) is 0.134. The van der Waals surface area contributed by atoms with Crippen LogP contribution in [0.1, 0.15) is 11.7 Å². The summed E-state index contributed by atoms with van der Waals surface area (Å²) in [5.74, 6) is -1.30. The number of carbonyl (C=O) groups excluding carboxylic acids is 1. The summed E-state index contributed by atoms with van der Waals surface area (Å²) in [4.78, 5) is 10.8. The first-order valence-corrected chi connectivity index (χ1v) is 4.50. The van der Waals surface area contributed by atoms with Crippen LogP contribution in [0.2, 0.25) is 0 Å². The average Bonchev–Trinajstić information content (AvgIpc) is 2.23. The first-order valence-electron chi connectivity index (χ1n) is 4.50. The summed E-state index contributed by atoms with van der Waals surface area (Å²) < 4.78 is 31.3. The van der Waals surface area contributed by atoms with Crippen molar-refractivity contribution in [3.8, 4) is 0 Å². The minimum absolute atomic E-state index is 0.124. The second-order valence-corrected chi connectivity index (χ2v) is 3.27. The van der Waals surface area contributed by atoms with Crippen molar-refractivity contribution in [1.82, 2.24) is 5.32 Å². The van der Waals surface area contributed by atoms with Crippen LogP contribution in [0.4, 0.5) is 8.78 Å². The lowest BCUT2D eigenvalue weighted by Gasteiger charge is -2.23. The molecule has 1 aliphatic rings. The molecule has 1 amide bonds. The number of carbonyl (C=O) groups is 1. The molecule has 1 unspecified atom stereocenters. The smallest absolute Gasteiger partial charge is 0.246 e. The van der Waals surface area contributed by atoms with E-state index in [1.807, 2.05) is 0 Å². The van der Waals surface area contributed by atoms with Gasteiger partial charge in [-0.2, -0.15) is 0 Å². The van der Waals surface area contributed by atoms with Crippen molar-refractivity contribution in [2.24, 2.45) is 0 Å². The van der Waals surface area contributed by atoms with Crippen molar-refractivity contribution in [1.29, 1.82) is 0 Å². The molecule has 5 heteroatoms. The summed E-state index contributed by atoms with van der Waals surface area (Å²) in [7, 11) is 0. The van der Waals surface area contributed by atoms with E-state index >= 15 is 0 Å². The van der Waals surface area contributed by atoms with Crippen molar-refractivity contribution in [2.75, 3.05) is 13.2 Å². The van der Waals surface area contributed by atoms with Gasteiger partial charge in [-0.1, -0.05) is 0 Å². The fraction of sp³-hybridized carbons (Fsp3) is 0.300. The number of rotatable bonds is 1. The summed E-state index contributed by atoms with van der Waals surface area (Å²) in [6.45, 7) is 0.0415. The minimum Gasteiger partial charge on any atom is -0.362 e. The molecule has 1 heterocycles. The Hall–Kier alpha value is -1.49. The van der Waals surface area contributed by atoms with Crippen molar-refractivity contribution in [3.05, 3.63) is 35.4 Å². The Balaban J connectivity index is 2.21. The Morgan fingerprint density at radius 3 is 2.87 bits per heavy atom. The molecule has 1 N–H and O–H groups in total. The number of ether oxygens (including phenoxy) is 1. The van der Waals surface area contributed by atoms with E-state index in [1.54, 1.807) is 0 Å². The Morgan fingerprint density at radius 2 is 2.20 bits per heavy atom. The van der Waals surface area contributed by atoms with E-state index in [1.165, 1.54) is 0 Å². The maximum Gasteiger partial charge on any atom is 0.246 e. The number of morpholine rings is 1. The maximum atomic E-state index is 13.3. The largest absolute Gasteiger partial charge is 0.362 e. The SMILES string of the molecule is O=C1COC(c2cc(F)ccc2F)CN1. The third kappa shape index (κ3) is 2.12. The molecule has 0 aliphatic carbocycles. The average molecular weight is 213 g/mol. The van der Waals surface area contributed by atoms with Gasteiger partial charge < -0.3 is 10.1 Å². The van der Waals surface area contributed by atoms with Gasteiger partial charge in [-0.15, -0.1) is 0 Å². The second kappa shape index (κ2) is 3.94. The summed E-state index contributed by atoms with van der Waals surface area (Å²) in [6, 6.07) is 3.17. The molecule has 1 aromatic rings. The number of hydrogen-bond donors (Lipinski definition) is 1. The number of hydrogen-bond acceptors (Lipinski definition) is 2. The summed E-state index contributed by atoms with van der Waals surface area (Å²) in [5, 5.41) is 2.52. The van der Waals surface area contributed by atoms with E-state index in [0.29, 0.717) is 0 Å². The molecule has 1 fully saturated rings. The lowest BCUT2D eigenvalue weighted by atomic mass is 10.1. The van der Waals surface area contributed by atoms with Crippen LogP contribution in [0.15, 0.2) is 18.2 Å². The first-order chi connectivity index (χ1) is 7.16. The topological polar surface area (TPSA) is 38.3 Å². The van der Waals surface area contributed by atoms with Crippen LogP contribution in [0.25, 0.3) is 0 Å². The molecular weight excluding hydrogens is 204 g/mol. The maximum absolute atomic E-state index is 13.3. The molecule has 3 nitrogen and oxygen atoms in total. The standard InChI is InChI=1S/C10H9F2NO2/c11-6-1-2-8(12)7(3-6)9-4-13-10(14)5-15-9/h1-3,9H,4-5H2,(H,13,14). The van der Waals surface area contributed by atoms with E-state index in [9.17, 15) is 13.6 Å². The van der Waals surface area contributed by atoms with Crippen LogP contribution in [0, 0.1) is 11.6 Å². The Morgan fingerprint density at radius 1 is 1.40 bits per heavy atom. The normalized spacial score (nSPS) is 21.2. The molecule has 15 heavy (non-hydrogen) atoms. The Labute approximate surface area is 85.0 Å². The molecule has 0 bridgehead atoms. The van der Waals surface area contributed by atoms with Gasteiger partial charge >= 0.3 is 0 Å². The first kappa shape index (κ1) is 10.0. The predicted octanol–water partition coefficient (Wildman–Crippen LogP) is 1.15. The molecule has 0 aromatic heterocycles.